The number of hydrogen-bond donors (Lipinski definition) is 3. The van der Waals surface area contributed by atoms with Gasteiger partial charge in [-0.3, -0.25) is 0 Å². The number of carboxylic acid groups (broad SMARTS) is 1. The molecule has 0 bridgehead atoms. The predicted octanol–water partition coefficient (Wildman–Crippen LogP) is 1.68. The van der Waals surface area contributed by atoms with E-state index < -0.39 is 23.5 Å². The third-order valence-corrected chi connectivity index (χ3v) is 4.30. The molecule has 0 radical (unpaired) electrons. The molecule has 0 spiro atoms. The maximum absolute atomic E-state index is 11.7. The van der Waals surface area contributed by atoms with Gasteiger partial charge in [0.1, 0.15) is 6.04 Å². The van der Waals surface area contributed by atoms with Gasteiger partial charge in [0.05, 0.1) is 0 Å². The minimum atomic E-state index is -1.01. The molecule has 1 aliphatic rings. The fourth-order valence-electron chi connectivity index (χ4n) is 1.84. The lowest BCUT2D eigenvalue weighted by atomic mass is 9.87. The van der Waals surface area contributed by atoms with Crippen LogP contribution in [0.25, 0.3) is 0 Å². The second-order valence-corrected chi connectivity index (χ2v) is 7.03. The van der Waals surface area contributed by atoms with Crippen LogP contribution in [0.5, 0.6) is 0 Å². The van der Waals surface area contributed by atoms with E-state index >= 15 is 0 Å². The summed E-state index contributed by atoms with van der Waals surface area (Å²) in [6, 6.07) is -1.28. The van der Waals surface area contributed by atoms with Crippen LogP contribution in [-0.4, -0.2) is 40.7 Å². The van der Waals surface area contributed by atoms with E-state index in [-0.39, 0.29) is 0 Å². The highest BCUT2D eigenvalue weighted by atomic mass is 32.2. The van der Waals surface area contributed by atoms with Crippen molar-refractivity contribution in [2.75, 3.05) is 12.3 Å². The largest absolute Gasteiger partial charge is 0.480 e. The monoisotopic (exact) mass is 274 g/mol. The molecule has 1 unspecified atom stereocenters. The fraction of sp³-hybridized carbons (Fsp3) is 0.833. The highest BCUT2D eigenvalue weighted by Crippen LogP contribution is 2.25. The number of carbonyl (C=O) groups is 2. The number of urea groups is 1. The minimum absolute atomic E-state index is 0.398. The van der Waals surface area contributed by atoms with Crippen molar-refractivity contribution in [2.24, 2.45) is 5.41 Å². The molecule has 1 rings (SSSR count). The molecule has 6 heteroatoms. The van der Waals surface area contributed by atoms with E-state index in [1.165, 1.54) is 6.42 Å². The highest BCUT2D eigenvalue weighted by Gasteiger charge is 2.32. The molecule has 104 valence electrons. The number of nitrogens with one attached hydrogen (secondary N) is 2. The zero-order valence-electron chi connectivity index (χ0n) is 11.2. The normalized spacial score (nSPS) is 21.4. The van der Waals surface area contributed by atoms with Crippen molar-refractivity contribution in [3.63, 3.8) is 0 Å². The van der Waals surface area contributed by atoms with E-state index in [0.29, 0.717) is 11.8 Å². The molecule has 2 amide bonds. The van der Waals surface area contributed by atoms with Crippen LogP contribution >= 0.6 is 11.8 Å². The van der Waals surface area contributed by atoms with Crippen LogP contribution in [0.15, 0.2) is 0 Å². The summed E-state index contributed by atoms with van der Waals surface area (Å²) in [5.41, 5.74) is -0.509. The number of aliphatic carboxylic acids is 1. The molecular formula is C12H22N2O3S. The average molecular weight is 274 g/mol. The van der Waals surface area contributed by atoms with Crippen LogP contribution in [-0.2, 0) is 4.79 Å². The Morgan fingerprint density at radius 1 is 1.44 bits per heavy atom. The number of carbonyl (C=O) groups excluding carboxylic acids is 1. The summed E-state index contributed by atoms with van der Waals surface area (Å²) in [5, 5.41) is 14.8. The van der Waals surface area contributed by atoms with E-state index in [1.54, 1.807) is 20.8 Å². The van der Waals surface area contributed by atoms with Gasteiger partial charge in [0.15, 0.2) is 0 Å². The zero-order valence-corrected chi connectivity index (χ0v) is 12.0. The first kappa shape index (κ1) is 15.1. The summed E-state index contributed by atoms with van der Waals surface area (Å²) in [4.78, 5) is 22.8. The fourth-order valence-corrected chi connectivity index (χ4v) is 3.04. The quantitative estimate of drug-likeness (QED) is 0.729. The molecule has 1 saturated heterocycles. The van der Waals surface area contributed by atoms with Crippen molar-refractivity contribution in [1.82, 2.24) is 10.6 Å². The smallest absolute Gasteiger partial charge is 0.326 e. The second-order valence-electron chi connectivity index (χ2n) is 5.63. The number of thioether (sulfide) groups is 1. The maximum atomic E-state index is 11.7. The standard InChI is InChI=1S/C12H22N2O3S/c1-12(2,3)9(10(15)16)14-11(17)13-7-8-5-4-6-18-8/h8-9H,4-7H2,1-3H3,(H,15,16)(H2,13,14,17)/t8?,9-/m0/s1. The van der Waals surface area contributed by atoms with Gasteiger partial charge < -0.3 is 15.7 Å². The lowest BCUT2D eigenvalue weighted by Crippen LogP contribution is -2.52. The van der Waals surface area contributed by atoms with Gasteiger partial charge in [-0.1, -0.05) is 20.8 Å². The van der Waals surface area contributed by atoms with E-state index in [1.807, 2.05) is 11.8 Å². The summed E-state index contributed by atoms with van der Waals surface area (Å²) < 4.78 is 0. The topological polar surface area (TPSA) is 78.4 Å². The van der Waals surface area contributed by atoms with Crippen LogP contribution in [0, 0.1) is 5.41 Å². The van der Waals surface area contributed by atoms with Crippen LogP contribution < -0.4 is 10.6 Å². The molecule has 0 aromatic rings. The molecule has 3 N–H and O–H groups in total. The van der Waals surface area contributed by atoms with Gasteiger partial charge in [0, 0.05) is 11.8 Å². The lowest BCUT2D eigenvalue weighted by Gasteiger charge is -2.27. The summed E-state index contributed by atoms with van der Waals surface area (Å²) in [7, 11) is 0. The van der Waals surface area contributed by atoms with Crippen molar-refractivity contribution < 1.29 is 14.7 Å². The highest BCUT2D eigenvalue weighted by molar-refractivity contribution is 8.00. The first-order valence-corrected chi connectivity index (χ1v) is 7.24. The Bertz CT molecular complexity index is 309. The zero-order chi connectivity index (χ0) is 13.8. The SMILES string of the molecule is CC(C)(C)[C@@H](NC(=O)NCC1CCCS1)C(=O)O. The number of amides is 2. The molecule has 0 aliphatic carbocycles. The predicted molar refractivity (Wildman–Crippen MR) is 72.9 cm³/mol. The van der Waals surface area contributed by atoms with Gasteiger partial charge in [-0.2, -0.15) is 11.8 Å². The number of hydrogen-bond acceptors (Lipinski definition) is 3. The average Bonchev–Trinajstić information content (AvgIpc) is 2.73. The third-order valence-electron chi connectivity index (χ3n) is 2.90. The second kappa shape index (κ2) is 6.31. The van der Waals surface area contributed by atoms with Gasteiger partial charge in [-0.05, 0) is 24.0 Å². The molecule has 1 aliphatic heterocycles. The van der Waals surface area contributed by atoms with Crippen LogP contribution in [0.1, 0.15) is 33.6 Å². The summed E-state index contributed by atoms with van der Waals surface area (Å²) >= 11 is 1.86. The Hall–Kier alpha value is -0.910. The molecule has 1 heterocycles. The Kier molecular flexibility index (Phi) is 5.31. The first-order chi connectivity index (χ1) is 8.30. The molecule has 2 atom stereocenters. The van der Waals surface area contributed by atoms with Gasteiger partial charge in [0.2, 0.25) is 0 Å². The van der Waals surface area contributed by atoms with E-state index in [4.69, 9.17) is 5.11 Å². The molecule has 1 fully saturated rings. The van der Waals surface area contributed by atoms with Gasteiger partial charge in [-0.25, -0.2) is 9.59 Å². The summed E-state index contributed by atoms with van der Waals surface area (Å²) in [6.45, 7) is 5.98. The first-order valence-electron chi connectivity index (χ1n) is 6.19. The van der Waals surface area contributed by atoms with Gasteiger partial charge in [-0.15, -0.1) is 0 Å². The molecule has 18 heavy (non-hydrogen) atoms. The van der Waals surface area contributed by atoms with Crippen molar-refractivity contribution in [2.45, 2.75) is 44.9 Å². The lowest BCUT2D eigenvalue weighted by molar-refractivity contribution is -0.141. The molecule has 0 saturated carbocycles. The Morgan fingerprint density at radius 2 is 2.11 bits per heavy atom. The number of carboxylic acids is 1. The van der Waals surface area contributed by atoms with Crippen molar-refractivity contribution >= 4 is 23.8 Å². The van der Waals surface area contributed by atoms with Crippen molar-refractivity contribution in [1.29, 1.82) is 0 Å². The van der Waals surface area contributed by atoms with Crippen molar-refractivity contribution in [3.8, 4) is 0 Å². The van der Waals surface area contributed by atoms with E-state index in [2.05, 4.69) is 10.6 Å². The van der Waals surface area contributed by atoms with E-state index in [9.17, 15) is 9.59 Å². The van der Waals surface area contributed by atoms with Crippen LogP contribution in [0.2, 0.25) is 0 Å². The molecule has 0 aromatic heterocycles. The maximum Gasteiger partial charge on any atom is 0.326 e. The Labute approximate surface area is 112 Å². The molecule has 5 nitrogen and oxygen atoms in total. The van der Waals surface area contributed by atoms with Crippen LogP contribution in [0.4, 0.5) is 4.79 Å². The van der Waals surface area contributed by atoms with Gasteiger partial charge in [0.25, 0.3) is 0 Å². The Morgan fingerprint density at radius 3 is 2.56 bits per heavy atom. The third kappa shape index (κ3) is 4.76. The van der Waals surface area contributed by atoms with Gasteiger partial charge >= 0.3 is 12.0 Å². The minimum Gasteiger partial charge on any atom is -0.480 e. The van der Waals surface area contributed by atoms with Crippen molar-refractivity contribution in [3.05, 3.63) is 0 Å². The van der Waals surface area contributed by atoms with E-state index in [0.717, 1.165) is 12.2 Å². The Balaban J connectivity index is 2.39. The number of rotatable bonds is 4. The molecular weight excluding hydrogens is 252 g/mol. The summed E-state index contributed by atoms with van der Waals surface area (Å²) in [5.74, 6) is 0.140. The van der Waals surface area contributed by atoms with Crippen LogP contribution in [0.3, 0.4) is 0 Å². The summed E-state index contributed by atoms with van der Waals surface area (Å²) in [6.07, 6.45) is 2.31. The molecule has 0 aromatic carbocycles.